The van der Waals surface area contributed by atoms with E-state index >= 15 is 0 Å². The molecule has 0 aliphatic rings. The number of benzene rings is 2. The summed E-state index contributed by atoms with van der Waals surface area (Å²) >= 11 is 1.66. The zero-order valence-corrected chi connectivity index (χ0v) is 11.4. The molecular formula is C16H14N2S. The molecule has 3 rings (SSSR count). The summed E-state index contributed by atoms with van der Waals surface area (Å²) in [5.74, 6) is 0. The van der Waals surface area contributed by atoms with Crippen LogP contribution in [0.25, 0.3) is 11.3 Å². The van der Waals surface area contributed by atoms with E-state index in [1.54, 1.807) is 11.8 Å². The fourth-order valence-electron chi connectivity index (χ4n) is 1.93. The van der Waals surface area contributed by atoms with Crippen LogP contribution >= 0.6 is 11.8 Å². The number of aromatic nitrogens is 2. The Morgan fingerprint density at radius 2 is 1.79 bits per heavy atom. The highest BCUT2D eigenvalue weighted by atomic mass is 32.2. The summed E-state index contributed by atoms with van der Waals surface area (Å²) < 4.78 is 0. The van der Waals surface area contributed by atoms with Gasteiger partial charge < -0.3 is 0 Å². The Hall–Kier alpha value is -2.00. The molecular weight excluding hydrogens is 252 g/mol. The predicted octanol–water partition coefficient (Wildman–Crippen LogP) is 4.54. The minimum absolute atomic E-state index is 0.989. The quantitative estimate of drug-likeness (QED) is 0.754. The van der Waals surface area contributed by atoms with Crippen LogP contribution in [-0.2, 0) is 0 Å². The molecule has 2 nitrogen and oxygen atoms in total. The Balaban J connectivity index is 1.84. The molecule has 1 N–H and O–H groups in total. The standard InChI is InChI=1S/C16H14N2S/c1-12-6-5-7-13(10-12)15-11-16(18-17-15)19-14-8-3-2-4-9-14/h2-11H,1H3,(H,17,18). The Bertz CT molecular complexity index is 674. The summed E-state index contributed by atoms with van der Waals surface area (Å²) in [5, 5.41) is 8.44. The summed E-state index contributed by atoms with van der Waals surface area (Å²) in [6.07, 6.45) is 0. The summed E-state index contributed by atoms with van der Waals surface area (Å²) in [7, 11) is 0. The minimum atomic E-state index is 0.989. The molecule has 0 saturated carbocycles. The fraction of sp³-hybridized carbons (Fsp3) is 0.0625. The third-order valence-corrected chi connectivity index (χ3v) is 3.78. The second-order valence-electron chi connectivity index (χ2n) is 4.40. The van der Waals surface area contributed by atoms with Crippen LogP contribution < -0.4 is 0 Å². The summed E-state index contributed by atoms with van der Waals surface area (Å²) in [5.41, 5.74) is 3.49. The zero-order valence-electron chi connectivity index (χ0n) is 10.6. The van der Waals surface area contributed by atoms with Gasteiger partial charge >= 0.3 is 0 Å². The Labute approximate surface area is 116 Å². The highest BCUT2D eigenvalue weighted by molar-refractivity contribution is 7.99. The van der Waals surface area contributed by atoms with Crippen LogP contribution in [0.15, 0.2) is 70.6 Å². The van der Waals surface area contributed by atoms with Crippen molar-refractivity contribution < 1.29 is 0 Å². The Morgan fingerprint density at radius 3 is 2.58 bits per heavy atom. The number of aromatic amines is 1. The normalized spacial score (nSPS) is 10.6. The van der Waals surface area contributed by atoms with Gasteiger partial charge in [-0.1, -0.05) is 53.7 Å². The van der Waals surface area contributed by atoms with Gasteiger partial charge in [0, 0.05) is 4.90 Å². The molecule has 1 aromatic heterocycles. The Kier molecular flexibility index (Phi) is 3.38. The number of H-pyrrole nitrogens is 1. The van der Waals surface area contributed by atoms with Crippen LogP contribution in [0.4, 0.5) is 0 Å². The molecule has 1 heterocycles. The third kappa shape index (κ3) is 2.88. The molecule has 2 aromatic carbocycles. The average molecular weight is 266 g/mol. The molecule has 0 fully saturated rings. The van der Waals surface area contributed by atoms with Gasteiger partial charge in [-0.15, -0.1) is 0 Å². The molecule has 94 valence electrons. The van der Waals surface area contributed by atoms with E-state index in [9.17, 15) is 0 Å². The van der Waals surface area contributed by atoms with Gasteiger partial charge in [0.1, 0.15) is 5.03 Å². The minimum Gasteiger partial charge on any atom is -0.277 e. The van der Waals surface area contributed by atoms with Crippen LogP contribution in [0.1, 0.15) is 5.56 Å². The van der Waals surface area contributed by atoms with Crippen LogP contribution in [0.2, 0.25) is 0 Å². The molecule has 0 unspecified atom stereocenters. The first-order chi connectivity index (χ1) is 9.31. The van der Waals surface area contributed by atoms with Crippen molar-refractivity contribution in [1.29, 1.82) is 0 Å². The van der Waals surface area contributed by atoms with Gasteiger partial charge in [0.2, 0.25) is 0 Å². The van der Waals surface area contributed by atoms with Gasteiger partial charge in [-0.2, -0.15) is 5.10 Å². The van der Waals surface area contributed by atoms with Crippen LogP contribution in [0.5, 0.6) is 0 Å². The van der Waals surface area contributed by atoms with E-state index in [-0.39, 0.29) is 0 Å². The maximum Gasteiger partial charge on any atom is 0.123 e. The molecule has 0 saturated heterocycles. The molecule has 0 aliphatic heterocycles. The first kappa shape index (κ1) is 12.1. The number of hydrogen-bond acceptors (Lipinski definition) is 2. The van der Waals surface area contributed by atoms with Crippen molar-refractivity contribution in [2.24, 2.45) is 0 Å². The van der Waals surface area contributed by atoms with E-state index in [2.05, 4.69) is 59.6 Å². The molecule has 0 amide bonds. The van der Waals surface area contributed by atoms with Crippen LogP contribution in [0, 0.1) is 6.92 Å². The predicted molar refractivity (Wildman–Crippen MR) is 79.3 cm³/mol. The lowest BCUT2D eigenvalue weighted by atomic mass is 10.1. The summed E-state index contributed by atoms with van der Waals surface area (Å²) in [6.45, 7) is 2.10. The number of aryl methyl sites for hydroxylation is 1. The molecule has 0 radical (unpaired) electrons. The second kappa shape index (κ2) is 5.33. The second-order valence-corrected chi connectivity index (χ2v) is 5.50. The van der Waals surface area contributed by atoms with E-state index in [0.717, 1.165) is 10.7 Å². The van der Waals surface area contributed by atoms with Crippen molar-refractivity contribution in [3.63, 3.8) is 0 Å². The first-order valence-electron chi connectivity index (χ1n) is 6.16. The van der Waals surface area contributed by atoms with Gasteiger partial charge in [0.25, 0.3) is 0 Å². The van der Waals surface area contributed by atoms with Crippen LogP contribution in [-0.4, -0.2) is 10.2 Å². The lowest BCUT2D eigenvalue weighted by Gasteiger charge is -1.98. The van der Waals surface area contributed by atoms with Gasteiger partial charge in [-0.05, 0) is 36.8 Å². The lowest BCUT2D eigenvalue weighted by molar-refractivity contribution is 1.01. The van der Waals surface area contributed by atoms with Gasteiger partial charge in [0.15, 0.2) is 0 Å². The topological polar surface area (TPSA) is 28.7 Å². The number of nitrogens with one attached hydrogen (secondary N) is 1. The average Bonchev–Trinajstić information content (AvgIpc) is 2.88. The largest absolute Gasteiger partial charge is 0.277 e. The summed E-state index contributed by atoms with van der Waals surface area (Å²) in [4.78, 5) is 1.20. The van der Waals surface area contributed by atoms with E-state index in [1.807, 2.05) is 18.2 Å². The van der Waals surface area contributed by atoms with Crippen molar-refractivity contribution in [1.82, 2.24) is 10.2 Å². The number of rotatable bonds is 3. The van der Waals surface area contributed by atoms with Crippen molar-refractivity contribution in [3.05, 3.63) is 66.2 Å². The van der Waals surface area contributed by atoms with Crippen LogP contribution in [0.3, 0.4) is 0 Å². The maximum atomic E-state index is 4.36. The van der Waals surface area contributed by atoms with Crippen molar-refractivity contribution >= 4 is 11.8 Å². The maximum absolute atomic E-state index is 4.36. The van der Waals surface area contributed by atoms with Gasteiger partial charge in [-0.3, -0.25) is 5.10 Å². The van der Waals surface area contributed by atoms with E-state index in [1.165, 1.54) is 16.0 Å². The highest BCUT2D eigenvalue weighted by Gasteiger charge is 2.05. The molecule has 3 aromatic rings. The van der Waals surface area contributed by atoms with E-state index < -0.39 is 0 Å². The number of nitrogens with zero attached hydrogens (tertiary/aromatic N) is 1. The van der Waals surface area contributed by atoms with E-state index in [4.69, 9.17) is 0 Å². The molecule has 19 heavy (non-hydrogen) atoms. The highest BCUT2D eigenvalue weighted by Crippen LogP contribution is 2.28. The SMILES string of the molecule is Cc1cccc(-c2cc(Sc3ccccc3)n[nH]2)c1. The van der Waals surface area contributed by atoms with Crippen molar-refractivity contribution in [2.45, 2.75) is 16.8 Å². The Morgan fingerprint density at radius 1 is 0.947 bits per heavy atom. The smallest absolute Gasteiger partial charge is 0.123 e. The van der Waals surface area contributed by atoms with Gasteiger partial charge in [0.05, 0.1) is 5.69 Å². The zero-order chi connectivity index (χ0) is 13.1. The van der Waals surface area contributed by atoms with E-state index in [0.29, 0.717) is 0 Å². The third-order valence-electron chi connectivity index (χ3n) is 2.85. The number of hydrogen-bond donors (Lipinski definition) is 1. The monoisotopic (exact) mass is 266 g/mol. The molecule has 3 heteroatoms. The molecule has 0 atom stereocenters. The fourth-order valence-corrected chi connectivity index (χ4v) is 2.73. The molecule has 0 aliphatic carbocycles. The van der Waals surface area contributed by atoms with Gasteiger partial charge in [-0.25, -0.2) is 0 Å². The molecule has 0 bridgehead atoms. The van der Waals surface area contributed by atoms with Crippen molar-refractivity contribution in [2.75, 3.05) is 0 Å². The summed E-state index contributed by atoms with van der Waals surface area (Å²) in [6, 6.07) is 20.8. The molecule has 0 spiro atoms. The first-order valence-corrected chi connectivity index (χ1v) is 6.98. The lowest BCUT2D eigenvalue weighted by Crippen LogP contribution is -1.78. The van der Waals surface area contributed by atoms with Crippen molar-refractivity contribution in [3.8, 4) is 11.3 Å².